The lowest BCUT2D eigenvalue weighted by atomic mass is 9.71. The Bertz CT molecular complexity index is 469. The summed E-state index contributed by atoms with van der Waals surface area (Å²) in [5.41, 5.74) is 0.236. The van der Waals surface area contributed by atoms with Crippen LogP contribution in [0.25, 0.3) is 0 Å². The van der Waals surface area contributed by atoms with Crippen LogP contribution in [0.15, 0.2) is 0 Å². The van der Waals surface area contributed by atoms with Crippen LogP contribution in [-0.2, 0) is 9.53 Å². The molecule has 3 heterocycles. The van der Waals surface area contributed by atoms with Crippen molar-refractivity contribution in [1.82, 2.24) is 14.7 Å². The van der Waals surface area contributed by atoms with E-state index in [1.165, 1.54) is 19.3 Å². The Morgan fingerprint density at radius 2 is 1.84 bits per heavy atom. The highest BCUT2D eigenvalue weighted by Gasteiger charge is 2.49. The van der Waals surface area contributed by atoms with Crippen LogP contribution >= 0.6 is 0 Å². The molecule has 25 heavy (non-hydrogen) atoms. The summed E-state index contributed by atoms with van der Waals surface area (Å²) >= 11 is 0. The van der Waals surface area contributed by atoms with Gasteiger partial charge in [0.05, 0.1) is 19.8 Å². The molecule has 1 unspecified atom stereocenters. The van der Waals surface area contributed by atoms with E-state index < -0.39 is 0 Å². The Hall–Kier alpha value is -0.690. The van der Waals surface area contributed by atoms with Gasteiger partial charge in [0.1, 0.15) is 0 Å². The van der Waals surface area contributed by atoms with E-state index in [0.29, 0.717) is 19.1 Å². The zero-order valence-electron chi connectivity index (χ0n) is 15.4. The Kier molecular flexibility index (Phi) is 5.32. The maximum atomic E-state index is 12.6. The number of rotatable bonds is 4. The molecular weight excluding hydrogens is 318 g/mol. The molecule has 3 aliphatic heterocycles. The fraction of sp³-hybridized carbons (Fsp3) is 0.947. The molecule has 6 heteroatoms. The largest absolute Gasteiger partial charge is 0.396 e. The number of aliphatic hydroxyl groups is 1. The highest BCUT2D eigenvalue weighted by molar-refractivity contribution is 5.78. The first-order chi connectivity index (χ1) is 12.2. The van der Waals surface area contributed by atoms with Gasteiger partial charge in [-0.15, -0.1) is 0 Å². The van der Waals surface area contributed by atoms with E-state index in [4.69, 9.17) is 4.74 Å². The van der Waals surface area contributed by atoms with Crippen LogP contribution in [0.3, 0.4) is 0 Å². The first kappa shape index (κ1) is 17.7. The minimum Gasteiger partial charge on any atom is -0.396 e. The minimum absolute atomic E-state index is 0.236. The van der Waals surface area contributed by atoms with Crippen LogP contribution in [0.5, 0.6) is 0 Å². The van der Waals surface area contributed by atoms with Crippen LogP contribution < -0.4 is 0 Å². The van der Waals surface area contributed by atoms with Gasteiger partial charge in [-0.25, -0.2) is 0 Å². The lowest BCUT2D eigenvalue weighted by molar-refractivity contribution is -0.136. The number of morpholine rings is 1. The van der Waals surface area contributed by atoms with E-state index in [2.05, 4.69) is 14.7 Å². The van der Waals surface area contributed by atoms with Crippen molar-refractivity contribution in [2.45, 2.75) is 38.1 Å². The fourth-order valence-corrected chi connectivity index (χ4v) is 5.17. The molecule has 1 N–H and O–H groups in total. The third-order valence-corrected chi connectivity index (χ3v) is 7.22. The average Bonchev–Trinajstić information content (AvgIpc) is 2.92. The average molecular weight is 351 g/mol. The number of hydrogen-bond donors (Lipinski definition) is 1. The van der Waals surface area contributed by atoms with Gasteiger partial charge in [-0.05, 0) is 31.1 Å². The van der Waals surface area contributed by atoms with Gasteiger partial charge in [0.2, 0.25) is 5.91 Å². The molecule has 0 aromatic rings. The Morgan fingerprint density at radius 3 is 2.44 bits per heavy atom. The van der Waals surface area contributed by atoms with Crippen molar-refractivity contribution in [2.24, 2.45) is 11.3 Å². The van der Waals surface area contributed by atoms with E-state index in [1.54, 1.807) is 0 Å². The third kappa shape index (κ3) is 3.59. The summed E-state index contributed by atoms with van der Waals surface area (Å²) in [6, 6.07) is 0.759. The van der Waals surface area contributed by atoms with Crippen molar-refractivity contribution in [3.63, 3.8) is 0 Å². The fourth-order valence-electron chi connectivity index (χ4n) is 5.17. The Labute approximate surface area is 151 Å². The van der Waals surface area contributed by atoms with Gasteiger partial charge in [0, 0.05) is 57.8 Å². The van der Waals surface area contributed by atoms with Crippen LogP contribution in [0, 0.1) is 11.3 Å². The van der Waals surface area contributed by atoms with E-state index in [-0.39, 0.29) is 11.3 Å². The molecule has 1 atom stereocenters. The number of nitrogens with zero attached hydrogens (tertiary/aromatic N) is 3. The number of aliphatic hydroxyl groups excluding tert-OH is 1. The van der Waals surface area contributed by atoms with Gasteiger partial charge in [-0.1, -0.05) is 6.42 Å². The molecule has 4 rings (SSSR count). The zero-order chi connectivity index (χ0) is 17.3. The molecule has 0 bridgehead atoms. The number of carbonyl (C=O) groups is 1. The lowest BCUT2D eigenvalue weighted by Crippen LogP contribution is -2.51. The molecule has 0 aromatic carbocycles. The van der Waals surface area contributed by atoms with Crippen molar-refractivity contribution in [3.05, 3.63) is 0 Å². The number of ether oxygens (including phenoxy) is 1. The summed E-state index contributed by atoms with van der Waals surface area (Å²) in [5.74, 6) is 0.663. The van der Waals surface area contributed by atoms with Gasteiger partial charge < -0.3 is 14.7 Å². The molecule has 0 aromatic heterocycles. The van der Waals surface area contributed by atoms with E-state index in [0.717, 1.165) is 71.4 Å². The SMILES string of the molecule is O=C(CN1CCOCC1)N1CCC2(CC1)CN(C1CCC1)CC2CO. The quantitative estimate of drug-likeness (QED) is 0.795. The van der Waals surface area contributed by atoms with Crippen molar-refractivity contribution in [2.75, 3.05) is 65.6 Å². The normalized spacial score (nSPS) is 31.4. The van der Waals surface area contributed by atoms with Crippen molar-refractivity contribution >= 4 is 5.91 Å². The van der Waals surface area contributed by atoms with Gasteiger partial charge in [0.25, 0.3) is 0 Å². The van der Waals surface area contributed by atoms with Crippen LogP contribution in [0.2, 0.25) is 0 Å². The van der Waals surface area contributed by atoms with Crippen molar-refractivity contribution in [1.29, 1.82) is 0 Å². The van der Waals surface area contributed by atoms with Crippen LogP contribution in [-0.4, -0.2) is 97.4 Å². The molecule has 1 amide bonds. The second kappa shape index (κ2) is 7.51. The second-order valence-corrected chi connectivity index (χ2v) is 8.53. The van der Waals surface area contributed by atoms with Crippen molar-refractivity contribution < 1.29 is 14.6 Å². The lowest BCUT2D eigenvalue weighted by Gasteiger charge is -2.43. The topological polar surface area (TPSA) is 56.2 Å². The molecule has 3 saturated heterocycles. The predicted molar refractivity (Wildman–Crippen MR) is 95.3 cm³/mol. The van der Waals surface area contributed by atoms with E-state index in [9.17, 15) is 9.90 Å². The number of hydrogen-bond acceptors (Lipinski definition) is 5. The van der Waals surface area contributed by atoms with Gasteiger partial charge in [-0.3, -0.25) is 14.6 Å². The third-order valence-electron chi connectivity index (χ3n) is 7.22. The Balaban J connectivity index is 1.31. The molecule has 1 saturated carbocycles. The van der Waals surface area contributed by atoms with Crippen molar-refractivity contribution in [3.8, 4) is 0 Å². The zero-order valence-corrected chi connectivity index (χ0v) is 15.4. The monoisotopic (exact) mass is 351 g/mol. The maximum absolute atomic E-state index is 12.6. The molecule has 4 aliphatic rings. The summed E-state index contributed by atoms with van der Waals surface area (Å²) in [7, 11) is 0. The Morgan fingerprint density at radius 1 is 1.12 bits per heavy atom. The standard InChI is InChI=1S/C19H33N3O3/c23-14-16-12-22(17-2-1-3-17)15-19(16)4-6-21(7-5-19)18(24)13-20-8-10-25-11-9-20/h16-17,23H,1-15H2. The smallest absolute Gasteiger partial charge is 0.236 e. The maximum Gasteiger partial charge on any atom is 0.236 e. The highest BCUT2D eigenvalue weighted by Crippen LogP contribution is 2.46. The van der Waals surface area contributed by atoms with Gasteiger partial charge >= 0.3 is 0 Å². The molecule has 6 nitrogen and oxygen atoms in total. The molecule has 142 valence electrons. The highest BCUT2D eigenvalue weighted by atomic mass is 16.5. The number of amides is 1. The number of likely N-dealkylation sites (tertiary alicyclic amines) is 2. The van der Waals surface area contributed by atoms with Gasteiger partial charge in [0.15, 0.2) is 0 Å². The summed E-state index contributed by atoms with van der Waals surface area (Å²) < 4.78 is 5.36. The number of carbonyl (C=O) groups excluding carboxylic acids is 1. The molecule has 0 radical (unpaired) electrons. The first-order valence-electron chi connectivity index (χ1n) is 10.1. The second-order valence-electron chi connectivity index (χ2n) is 8.53. The van der Waals surface area contributed by atoms with Gasteiger partial charge in [-0.2, -0.15) is 0 Å². The molecule has 1 spiro atoms. The summed E-state index contributed by atoms with van der Waals surface area (Å²) in [4.78, 5) is 19.5. The summed E-state index contributed by atoms with van der Waals surface area (Å²) in [5, 5.41) is 9.94. The van der Waals surface area contributed by atoms with E-state index in [1.807, 2.05) is 0 Å². The van der Waals surface area contributed by atoms with Crippen LogP contribution in [0.1, 0.15) is 32.1 Å². The summed E-state index contributed by atoms with van der Waals surface area (Å²) in [6.07, 6.45) is 6.13. The molecular formula is C19H33N3O3. The van der Waals surface area contributed by atoms with Crippen LogP contribution in [0.4, 0.5) is 0 Å². The molecule has 4 fully saturated rings. The predicted octanol–water partition coefficient (Wildman–Crippen LogP) is 0.404. The van der Waals surface area contributed by atoms with E-state index >= 15 is 0 Å². The number of piperidine rings is 1. The minimum atomic E-state index is 0.236. The molecule has 1 aliphatic carbocycles. The summed E-state index contributed by atoms with van der Waals surface area (Å²) in [6.45, 7) is 7.96. The first-order valence-corrected chi connectivity index (χ1v) is 10.1.